The van der Waals surface area contributed by atoms with Crippen molar-refractivity contribution >= 4 is 10.0 Å². The number of rotatable bonds is 3. The highest BCUT2D eigenvalue weighted by molar-refractivity contribution is 7.89. The van der Waals surface area contributed by atoms with Crippen molar-refractivity contribution in [1.82, 2.24) is 13.9 Å². The lowest BCUT2D eigenvalue weighted by molar-refractivity contribution is 0.171. The first-order valence-corrected chi connectivity index (χ1v) is 10.5. The summed E-state index contributed by atoms with van der Waals surface area (Å²) in [5.74, 6) is 1.03. The van der Waals surface area contributed by atoms with Crippen LogP contribution in [0.3, 0.4) is 0 Å². The molecule has 0 spiro atoms. The fraction of sp³-hybridized carbons (Fsp3) is 0.250. The van der Waals surface area contributed by atoms with E-state index in [0.29, 0.717) is 37.8 Å². The Balaban J connectivity index is 1.60. The molecule has 1 aromatic carbocycles. The van der Waals surface area contributed by atoms with E-state index in [1.54, 1.807) is 34.9 Å². The molecule has 0 saturated heterocycles. The lowest BCUT2D eigenvalue weighted by Crippen LogP contribution is -2.42. The third-order valence-electron chi connectivity index (χ3n) is 5.11. The van der Waals surface area contributed by atoms with Gasteiger partial charge in [-0.05, 0) is 35.9 Å². The fourth-order valence-corrected chi connectivity index (χ4v) is 5.41. The van der Waals surface area contributed by atoms with Crippen molar-refractivity contribution in [3.05, 3.63) is 72.3 Å². The summed E-state index contributed by atoms with van der Waals surface area (Å²) in [5, 5.41) is 0. The van der Waals surface area contributed by atoms with Gasteiger partial charge in [0.25, 0.3) is 0 Å². The molecule has 0 bridgehead atoms. The van der Waals surface area contributed by atoms with Crippen LogP contribution in [0.15, 0.2) is 66.0 Å². The zero-order chi connectivity index (χ0) is 19.1. The quantitative estimate of drug-likeness (QED) is 0.679. The maximum absolute atomic E-state index is 13.6. The van der Waals surface area contributed by atoms with E-state index in [2.05, 4.69) is 9.55 Å². The molecule has 28 heavy (non-hydrogen) atoms. The van der Waals surface area contributed by atoms with Crippen LogP contribution in [0, 0.1) is 0 Å². The van der Waals surface area contributed by atoms with Gasteiger partial charge in [0.15, 0.2) is 11.5 Å². The number of benzene rings is 1. The maximum Gasteiger partial charge on any atom is 0.244 e. The van der Waals surface area contributed by atoms with Gasteiger partial charge in [0.2, 0.25) is 10.0 Å². The van der Waals surface area contributed by atoms with Crippen molar-refractivity contribution < 1.29 is 17.9 Å². The molecule has 144 valence electrons. The van der Waals surface area contributed by atoms with E-state index in [1.165, 1.54) is 0 Å². The van der Waals surface area contributed by atoms with E-state index >= 15 is 0 Å². The number of hydrogen-bond donors (Lipinski definition) is 0. The Morgan fingerprint density at radius 3 is 2.68 bits per heavy atom. The molecule has 3 aromatic rings. The molecule has 7 nitrogen and oxygen atoms in total. The van der Waals surface area contributed by atoms with Gasteiger partial charge >= 0.3 is 0 Å². The van der Waals surface area contributed by atoms with Crippen LogP contribution in [0.25, 0.3) is 0 Å². The van der Waals surface area contributed by atoms with Gasteiger partial charge in [0.05, 0.1) is 10.9 Å². The molecule has 2 aromatic heterocycles. The zero-order valence-electron chi connectivity index (χ0n) is 15.1. The highest BCUT2D eigenvalue weighted by Crippen LogP contribution is 2.38. The van der Waals surface area contributed by atoms with Crippen LogP contribution in [-0.2, 0) is 16.6 Å². The molecule has 2 aliphatic rings. The van der Waals surface area contributed by atoms with E-state index in [1.807, 2.05) is 30.5 Å². The van der Waals surface area contributed by atoms with Crippen LogP contribution in [0.4, 0.5) is 0 Å². The second-order valence-corrected chi connectivity index (χ2v) is 8.63. The fourth-order valence-electron chi connectivity index (χ4n) is 3.82. The molecule has 1 atom stereocenters. The average Bonchev–Trinajstić information content (AvgIpc) is 3.22. The van der Waals surface area contributed by atoms with Gasteiger partial charge in [0.1, 0.15) is 13.2 Å². The first-order chi connectivity index (χ1) is 13.6. The second kappa shape index (κ2) is 6.65. The molecular formula is C20H19N3O4S. The van der Waals surface area contributed by atoms with E-state index in [-0.39, 0.29) is 4.90 Å². The number of nitrogens with zero attached hydrogens (tertiary/aromatic N) is 3. The molecule has 0 N–H and O–H groups in total. The first-order valence-electron chi connectivity index (χ1n) is 9.11. The standard InChI is InChI=1S/C20H19N3O4S/c24-28(25,16-5-6-18-19(13-16)27-12-11-26-18)23-10-9-22-8-2-4-17(22)20(23)15-3-1-7-21-14-15/h1-8,13-14,20H,9-12H2. The lowest BCUT2D eigenvalue weighted by atomic mass is 10.0. The monoisotopic (exact) mass is 397 g/mol. The first kappa shape index (κ1) is 17.3. The smallest absolute Gasteiger partial charge is 0.244 e. The van der Waals surface area contributed by atoms with Gasteiger partial charge < -0.3 is 14.0 Å². The molecule has 8 heteroatoms. The summed E-state index contributed by atoms with van der Waals surface area (Å²) < 4.78 is 41.9. The molecule has 5 rings (SSSR count). The summed E-state index contributed by atoms with van der Waals surface area (Å²) in [6, 6.07) is 12.0. The number of hydrogen-bond acceptors (Lipinski definition) is 5. The predicted molar refractivity (Wildman–Crippen MR) is 102 cm³/mol. The molecule has 1 unspecified atom stereocenters. The summed E-state index contributed by atoms with van der Waals surface area (Å²) in [5.41, 5.74) is 1.77. The van der Waals surface area contributed by atoms with E-state index in [0.717, 1.165) is 11.3 Å². The van der Waals surface area contributed by atoms with Gasteiger partial charge in [-0.25, -0.2) is 8.42 Å². The van der Waals surface area contributed by atoms with Crippen LogP contribution < -0.4 is 9.47 Å². The van der Waals surface area contributed by atoms with Crippen molar-refractivity contribution in [2.45, 2.75) is 17.5 Å². The van der Waals surface area contributed by atoms with Crippen LogP contribution in [0.2, 0.25) is 0 Å². The second-order valence-electron chi connectivity index (χ2n) is 6.74. The molecule has 0 radical (unpaired) electrons. The Morgan fingerprint density at radius 2 is 1.86 bits per heavy atom. The summed E-state index contributed by atoms with van der Waals surface area (Å²) in [4.78, 5) is 4.40. The van der Waals surface area contributed by atoms with Crippen molar-refractivity contribution in [2.75, 3.05) is 19.8 Å². The van der Waals surface area contributed by atoms with E-state index < -0.39 is 16.1 Å². The Bertz CT molecular complexity index is 1110. The van der Waals surface area contributed by atoms with Gasteiger partial charge in [-0.2, -0.15) is 4.31 Å². The van der Waals surface area contributed by atoms with Crippen LogP contribution in [0.1, 0.15) is 17.3 Å². The van der Waals surface area contributed by atoms with Crippen LogP contribution >= 0.6 is 0 Å². The molecule has 0 amide bonds. The van der Waals surface area contributed by atoms with Gasteiger partial charge in [-0.3, -0.25) is 4.98 Å². The average molecular weight is 397 g/mol. The molecular weight excluding hydrogens is 378 g/mol. The predicted octanol–water partition coefficient (Wildman–Crippen LogP) is 2.45. The molecule has 0 saturated carbocycles. The van der Waals surface area contributed by atoms with Crippen molar-refractivity contribution in [3.8, 4) is 11.5 Å². The lowest BCUT2D eigenvalue weighted by Gasteiger charge is -2.36. The Kier molecular flexibility index (Phi) is 4.10. The largest absolute Gasteiger partial charge is 0.486 e. The third-order valence-corrected chi connectivity index (χ3v) is 6.97. The highest BCUT2D eigenvalue weighted by Gasteiger charge is 2.38. The summed E-state index contributed by atoms with van der Waals surface area (Å²) in [7, 11) is -3.76. The number of sulfonamides is 1. The SMILES string of the molecule is O=S(=O)(c1ccc2c(c1)OCCO2)N1CCn2cccc2C1c1cccnc1. The molecule has 4 heterocycles. The number of ether oxygens (including phenoxy) is 2. The third kappa shape index (κ3) is 2.76. The van der Waals surface area contributed by atoms with E-state index in [4.69, 9.17) is 9.47 Å². The maximum atomic E-state index is 13.6. The van der Waals surface area contributed by atoms with Crippen molar-refractivity contribution in [3.63, 3.8) is 0 Å². The van der Waals surface area contributed by atoms with Crippen molar-refractivity contribution in [1.29, 1.82) is 0 Å². The minimum absolute atomic E-state index is 0.200. The summed E-state index contributed by atoms with van der Waals surface area (Å²) >= 11 is 0. The zero-order valence-corrected chi connectivity index (χ0v) is 15.9. The topological polar surface area (TPSA) is 73.7 Å². The Morgan fingerprint density at radius 1 is 1.00 bits per heavy atom. The highest BCUT2D eigenvalue weighted by atomic mass is 32.2. The molecule has 2 aliphatic heterocycles. The Labute approximate surface area is 163 Å². The minimum atomic E-state index is -3.76. The minimum Gasteiger partial charge on any atom is -0.486 e. The number of fused-ring (bicyclic) bond motifs is 2. The van der Waals surface area contributed by atoms with Gasteiger partial charge in [-0.15, -0.1) is 0 Å². The van der Waals surface area contributed by atoms with E-state index in [9.17, 15) is 8.42 Å². The normalized spacial score (nSPS) is 19.2. The van der Waals surface area contributed by atoms with Crippen LogP contribution in [-0.4, -0.2) is 42.0 Å². The number of pyridine rings is 1. The van der Waals surface area contributed by atoms with Gasteiger partial charge in [0, 0.05) is 43.4 Å². The van der Waals surface area contributed by atoms with Crippen molar-refractivity contribution in [2.24, 2.45) is 0 Å². The summed E-state index contributed by atoms with van der Waals surface area (Å²) in [6.45, 7) is 1.85. The molecule has 0 fully saturated rings. The summed E-state index contributed by atoms with van der Waals surface area (Å²) in [6.07, 6.45) is 5.39. The van der Waals surface area contributed by atoms with Gasteiger partial charge in [-0.1, -0.05) is 6.07 Å². The number of aromatic nitrogens is 2. The Hall–Kier alpha value is -2.84. The van der Waals surface area contributed by atoms with Crippen LogP contribution in [0.5, 0.6) is 11.5 Å². The molecule has 0 aliphatic carbocycles.